The molecule has 0 radical (unpaired) electrons. The first kappa shape index (κ1) is 19.9. The number of hydrogen-bond acceptors (Lipinski definition) is 5. The van der Waals surface area contributed by atoms with E-state index in [1.165, 1.54) is 6.07 Å². The summed E-state index contributed by atoms with van der Waals surface area (Å²) in [5, 5.41) is 6.67. The van der Waals surface area contributed by atoms with Crippen molar-refractivity contribution in [2.24, 2.45) is 0 Å². The van der Waals surface area contributed by atoms with Gasteiger partial charge in [0.1, 0.15) is 5.82 Å². The number of benzene rings is 2. The molecule has 1 aliphatic heterocycles. The molecule has 2 amide bonds. The Balaban J connectivity index is 1.42. The highest BCUT2D eigenvalue weighted by Gasteiger charge is 2.23. The Kier molecular flexibility index (Phi) is 5.39. The second kappa shape index (κ2) is 8.14. The van der Waals surface area contributed by atoms with Crippen LogP contribution in [0.15, 0.2) is 40.9 Å². The zero-order chi connectivity index (χ0) is 21.3. The van der Waals surface area contributed by atoms with Crippen molar-refractivity contribution >= 4 is 17.4 Å². The van der Waals surface area contributed by atoms with Crippen LogP contribution in [0, 0.1) is 26.6 Å². The van der Waals surface area contributed by atoms with Crippen molar-refractivity contribution in [3.8, 4) is 11.4 Å². The first-order valence-corrected chi connectivity index (χ1v) is 9.89. The third kappa shape index (κ3) is 4.12. The third-order valence-corrected chi connectivity index (χ3v) is 5.27. The van der Waals surface area contributed by atoms with Gasteiger partial charge in [-0.1, -0.05) is 23.4 Å². The molecular weight excluding hydrogens is 385 g/mol. The summed E-state index contributed by atoms with van der Waals surface area (Å²) in [6.07, 6.45) is 0. The minimum Gasteiger partial charge on any atom is -0.368 e. The Hall–Kier alpha value is -3.42. The molecule has 2 aromatic carbocycles. The topological polar surface area (TPSA) is 74.5 Å². The summed E-state index contributed by atoms with van der Waals surface area (Å²) in [7, 11) is 0. The Morgan fingerprint density at radius 1 is 1.07 bits per heavy atom. The number of halogens is 1. The van der Waals surface area contributed by atoms with E-state index in [0.29, 0.717) is 37.9 Å². The summed E-state index contributed by atoms with van der Waals surface area (Å²) in [5.74, 6) is 0.662. The molecule has 0 saturated carbocycles. The van der Waals surface area contributed by atoms with Crippen LogP contribution in [0.2, 0.25) is 0 Å². The number of nitrogens with zero attached hydrogens (tertiary/aromatic N) is 4. The monoisotopic (exact) mass is 409 g/mol. The van der Waals surface area contributed by atoms with E-state index in [-0.39, 0.29) is 11.7 Å². The Bertz CT molecular complexity index is 1070. The summed E-state index contributed by atoms with van der Waals surface area (Å²) in [6.45, 7) is 8.08. The minimum absolute atomic E-state index is 0.201. The van der Waals surface area contributed by atoms with Crippen molar-refractivity contribution in [2.45, 2.75) is 20.8 Å². The van der Waals surface area contributed by atoms with Gasteiger partial charge in [0.05, 0.1) is 5.69 Å². The number of piperazine rings is 1. The van der Waals surface area contributed by atoms with Crippen molar-refractivity contribution in [2.75, 3.05) is 36.4 Å². The second-order valence-electron chi connectivity index (χ2n) is 7.53. The van der Waals surface area contributed by atoms with Crippen molar-refractivity contribution < 1.29 is 13.7 Å². The maximum Gasteiger partial charge on any atom is 0.322 e. The molecule has 1 aromatic heterocycles. The predicted molar refractivity (Wildman–Crippen MR) is 113 cm³/mol. The van der Waals surface area contributed by atoms with Gasteiger partial charge in [-0.15, -0.1) is 0 Å². The number of carbonyl (C=O) groups is 1. The van der Waals surface area contributed by atoms with Crippen LogP contribution in [0.25, 0.3) is 11.4 Å². The van der Waals surface area contributed by atoms with E-state index in [2.05, 4.69) is 33.3 Å². The molecule has 3 aromatic rings. The molecule has 0 unspecified atom stereocenters. The van der Waals surface area contributed by atoms with E-state index in [4.69, 9.17) is 4.52 Å². The van der Waals surface area contributed by atoms with Crippen LogP contribution >= 0.6 is 0 Å². The second-order valence-corrected chi connectivity index (χ2v) is 7.53. The fourth-order valence-corrected chi connectivity index (χ4v) is 3.57. The molecule has 156 valence electrons. The molecular formula is C22H24FN5O2. The highest BCUT2D eigenvalue weighted by Crippen LogP contribution is 2.27. The van der Waals surface area contributed by atoms with Crippen LogP contribution in [-0.4, -0.2) is 47.3 Å². The van der Waals surface area contributed by atoms with Crippen LogP contribution in [-0.2, 0) is 0 Å². The molecule has 1 N–H and O–H groups in total. The van der Waals surface area contributed by atoms with Gasteiger partial charge in [0.25, 0.3) is 0 Å². The largest absolute Gasteiger partial charge is 0.368 e. The zero-order valence-corrected chi connectivity index (χ0v) is 17.3. The van der Waals surface area contributed by atoms with Gasteiger partial charge in [-0.05, 0) is 43.2 Å². The number of aryl methyl sites for hydroxylation is 3. The van der Waals surface area contributed by atoms with Gasteiger partial charge < -0.3 is 19.6 Å². The lowest BCUT2D eigenvalue weighted by atomic mass is 10.1. The van der Waals surface area contributed by atoms with Crippen molar-refractivity contribution in [1.82, 2.24) is 15.0 Å². The van der Waals surface area contributed by atoms with Crippen molar-refractivity contribution in [3.05, 3.63) is 59.2 Å². The summed E-state index contributed by atoms with van der Waals surface area (Å²) in [4.78, 5) is 20.8. The SMILES string of the molecule is Cc1ccc(NC(=O)N2CCN(c3cc(-c4noc(C)n4)ccc3C)CC2)c(F)c1. The lowest BCUT2D eigenvalue weighted by Crippen LogP contribution is -2.50. The molecule has 1 saturated heterocycles. The molecule has 0 bridgehead atoms. The number of hydrogen-bond donors (Lipinski definition) is 1. The van der Waals surface area contributed by atoms with Crippen molar-refractivity contribution in [3.63, 3.8) is 0 Å². The summed E-state index contributed by atoms with van der Waals surface area (Å²) >= 11 is 0. The summed E-state index contributed by atoms with van der Waals surface area (Å²) < 4.78 is 19.1. The average Bonchev–Trinajstić information content (AvgIpc) is 3.17. The summed E-state index contributed by atoms with van der Waals surface area (Å²) in [5.41, 5.74) is 4.13. The molecule has 1 aliphatic rings. The average molecular weight is 409 g/mol. The number of rotatable bonds is 3. The van der Waals surface area contributed by atoms with Gasteiger partial charge >= 0.3 is 6.03 Å². The molecule has 0 aliphatic carbocycles. The predicted octanol–water partition coefficient (Wildman–Crippen LogP) is 4.16. The van der Waals surface area contributed by atoms with Gasteiger partial charge in [0.2, 0.25) is 11.7 Å². The minimum atomic E-state index is -0.425. The third-order valence-electron chi connectivity index (χ3n) is 5.27. The van der Waals surface area contributed by atoms with Gasteiger partial charge in [0.15, 0.2) is 0 Å². The number of urea groups is 1. The first-order chi connectivity index (χ1) is 14.4. The van der Waals surface area contributed by atoms with Crippen LogP contribution in [0.3, 0.4) is 0 Å². The number of carbonyl (C=O) groups excluding carboxylic acids is 1. The molecule has 1 fully saturated rings. The normalized spacial score (nSPS) is 14.1. The molecule has 0 atom stereocenters. The first-order valence-electron chi connectivity index (χ1n) is 9.89. The number of nitrogens with one attached hydrogen (secondary N) is 1. The van der Waals surface area contributed by atoms with E-state index in [1.807, 2.05) is 19.1 Å². The quantitative estimate of drug-likeness (QED) is 0.703. The van der Waals surface area contributed by atoms with E-state index in [1.54, 1.807) is 24.0 Å². The molecule has 8 heteroatoms. The Morgan fingerprint density at radius 3 is 2.50 bits per heavy atom. The standard InChI is InChI=1S/C22H24FN5O2/c1-14-4-7-19(18(23)12-14)25-22(29)28-10-8-27(9-11-28)20-13-17(6-5-15(20)2)21-24-16(3)30-26-21/h4-7,12-13H,8-11H2,1-3H3,(H,25,29). The number of anilines is 2. The highest BCUT2D eigenvalue weighted by atomic mass is 19.1. The van der Waals surface area contributed by atoms with Gasteiger partial charge in [0, 0.05) is 44.4 Å². The molecule has 4 rings (SSSR count). The number of aromatic nitrogens is 2. The summed E-state index contributed by atoms with van der Waals surface area (Å²) in [6, 6.07) is 10.6. The highest BCUT2D eigenvalue weighted by molar-refractivity contribution is 5.89. The van der Waals surface area contributed by atoms with Crippen LogP contribution in [0.1, 0.15) is 17.0 Å². The smallest absolute Gasteiger partial charge is 0.322 e. The maximum absolute atomic E-state index is 14.0. The maximum atomic E-state index is 14.0. The molecule has 2 heterocycles. The van der Waals surface area contributed by atoms with Crippen LogP contribution in [0.4, 0.5) is 20.6 Å². The lowest BCUT2D eigenvalue weighted by molar-refractivity contribution is 0.208. The van der Waals surface area contributed by atoms with Crippen LogP contribution < -0.4 is 10.2 Å². The fourth-order valence-electron chi connectivity index (χ4n) is 3.57. The van der Waals surface area contributed by atoms with Gasteiger partial charge in [-0.25, -0.2) is 9.18 Å². The van der Waals surface area contributed by atoms with E-state index >= 15 is 0 Å². The number of amides is 2. The van der Waals surface area contributed by atoms with Crippen LogP contribution in [0.5, 0.6) is 0 Å². The molecule has 30 heavy (non-hydrogen) atoms. The zero-order valence-electron chi connectivity index (χ0n) is 17.3. The lowest BCUT2D eigenvalue weighted by Gasteiger charge is -2.36. The van der Waals surface area contributed by atoms with Crippen molar-refractivity contribution in [1.29, 1.82) is 0 Å². The molecule has 0 spiro atoms. The van der Waals surface area contributed by atoms with Gasteiger partial charge in [-0.3, -0.25) is 0 Å². The Labute approximate surface area is 174 Å². The van der Waals surface area contributed by atoms with E-state index in [9.17, 15) is 9.18 Å². The van der Waals surface area contributed by atoms with E-state index in [0.717, 1.165) is 22.4 Å². The Morgan fingerprint density at radius 2 is 1.83 bits per heavy atom. The van der Waals surface area contributed by atoms with E-state index < -0.39 is 5.82 Å². The molecule has 7 nitrogen and oxygen atoms in total. The van der Waals surface area contributed by atoms with Gasteiger partial charge in [-0.2, -0.15) is 4.98 Å². The fraction of sp³-hybridized carbons (Fsp3) is 0.318.